The molecule has 0 aromatic heterocycles. The molecule has 2 amide bonds. The standard InChI is InChI=1S/C22H28N2O2/c25-13-21-7-14-5-17(8-21)19(18(6-14)9-21)24-12-22(23-20(24)26)10-15-3-1-2-4-16(15)11-22/h1-4,14,17-19,25H,5-13H2,(H,23,26). The van der Waals surface area contributed by atoms with Crippen LogP contribution in [0.5, 0.6) is 0 Å². The summed E-state index contributed by atoms with van der Waals surface area (Å²) in [6, 6.07) is 9.21. The van der Waals surface area contributed by atoms with E-state index < -0.39 is 0 Å². The second-order valence-corrected chi connectivity index (χ2v) is 10.1. The van der Waals surface area contributed by atoms with Crippen LogP contribution >= 0.6 is 0 Å². The minimum atomic E-state index is -0.0932. The van der Waals surface area contributed by atoms with Crippen molar-refractivity contribution >= 4 is 6.03 Å². The Bertz CT molecular complexity index is 734. The van der Waals surface area contributed by atoms with Crippen LogP contribution in [0.3, 0.4) is 0 Å². The first-order valence-electron chi connectivity index (χ1n) is 10.4. The molecule has 26 heavy (non-hydrogen) atoms. The van der Waals surface area contributed by atoms with Gasteiger partial charge in [0.05, 0.1) is 5.54 Å². The quantitative estimate of drug-likeness (QED) is 0.860. The van der Waals surface area contributed by atoms with E-state index in [1.807, 2.05) is 0 Å². The molecule has 1 aliphatic heterocycles. The van der Waals surface area contributed by atoms with Crippen LogP contribution < -0.4 is 5.32 Å². The van der Waals surface area contributed by atoms with Crippen LogP contribution in [-0.4, -0.2) is 40.8 Å². The molecule has 2 atom stereocenters. The van der Waals surface area contributed by atoms with Crippen molar-refractivity contribution in [3.05, 3.63) is 35.4 Å². The highest BCUT2D eigenvalue weighted by molar-refractivity contribution is 5.79. The lowest BCUT2D eigenvalue weighted by Crippen LogP contribution is -2.60. The van der Waals surface area contributed by atoms with Crippen molar-refractivity contribution in [2.75, 3.05) is 13.2 Å². The van der Waals surface area contributed by atoms with E-state index in [1.54, 1.807) is 0 Å². The third-order valence-corrected chi connectivity index (χ3v) is 8.33. The van der Waals surface area contributed by atoms with Crippen LogP contribution in [0.1, 0.15) is 43.2 Å². The summed E-state index contributed by atoms with van der Waals surface area (Å²) < 4.78 is 0. The number of aliphatic hydroxyl groups excluding tert-OH is 1. The fourth-order valence-corrected chi connectivity index (χ4v) is 7.74. The number of nitrogens with zero attached hydrogens (tertiary/aromatic N) is 1. The highest BCUT2D eigenvalue weighted by Gasteiger charge is 2.59. The van der Waals surface area contributed by atoms with Gasteiger partial charge in [0.15, 0.2) is 0 Å². The number of rotatable bonds is 2. The molecule has 5 aliphatic carbocycles. The van der Waals surface area contributed by atoms with E-state index in [0.29, 0.717) is 24.5 Å². The molecule has 1 saturated heterocycles. The first-order chi connectivity index (χ1) is 12.6. The van der Waals surface area contributed by atoms with Gasteiger partial charge < -0.3 is 15.3 Å². The summed E-state index contributed by atoms with van der Waals surface area (Å²) in [4.78, 5) is 15.2. The highest BCUT2D eigenvalue weighted by atomic mass is 16.3. The second kappa shape index (κ2) is 5.03. The van der Waals surface area contributed by atoms with E-state index in [0.717, 1.165) is 38.1 Å². The van der Waals surface area contributed by atoms with Gasteiger partial charge >= 0.3 is 6.03 Å². The summed E-state index contributed by atoms with van der Waals surface area (Å²) in [5.41, 5.74) is 2.88. The maximum atomic E-state index is 13.0. The summed E-state index contributed by atoms with van der Waals surface area (Å²) in [6.07, 6.45) is 7.93. The van der Waals surface area contributed by atoms with E-state index in [4.69, 9.17) is 0 Å². The smallest absolute Gasteiger partial charge is 0.318 e. The van der Waals surface area contributed by atoms with Crippen LogP contribution in [0.2, 0.25) is 0 Å². The van der Waals surface area contributed by atoms with Crippen LogP contribution in [0.25, 0.3) is 0 Å². The summed E-state index contributed by atoms with van der Waals surface area (Å²) in [5, 5.41) is 13.4. The number of carbonyl (C=O) groups excluding carboxylic acids is 1. The van der Waals surface area contributed by atoms with E-state index in [2.05, 4.69) is 34.5 Å². The molecular weight excluding hydrogens is 324 g/mol. The summed E-state index contributed by atoms with van der Waals surface area (Å²) >= 11 is 0. The Morgan fingerprint density at radius 2 is 1.73 bits per heavy atom. The van der Waals surface area contributed by atoms with E-state index in [1.165, 1.54) is 30.4 Å². The van der Waals surface area contributed by atoms with Gasteiger partial charge in [-0.05, 0) is 79.2 Å². The van der Waals surface area contributed by atoms with E-state index >= 15 is 0 Å². The van der Waals surface area contributed by atoms with Crippen molar-refractivity contribution in [3.8, 4) is 0 Å². The van der Waals surface area contributed by atoms with Gasteiger partial charge in [-0.25, -0.2) is 4.79 Å². The zero-order chi connectivity index (χ0) is 17.5. The Morgan fingerprint density at radius 3 is 2.35 bits per heavy atom. The van der Waals surface area contributed by atoms with Gasteiger partial charge in [0, 0.05) is 19.2 Å². The third kappa shape index (κ3) is 2.02. The van der Waals surface area contributed by atoms with Gasteiger partial charge in [-0.15, -0.1) is 0 Å². The Labute approximate surface area is 155 Å². The molecule has 1 heterocycles. The number of urea groups is 1. The zero-order valence-corrected chi connectivity index (χ0v) is 15.3. The normalized spacial score (nSPS) is 41.7. The molecule has 1 aromatic rings. The van der Waals surface area contributed by atoms with Gasteiger partial charge in [-0.1, -0.05) is 24.3 Å². The van der Waals surface area contributed by atoms with E-state index in [-0.39, 0.29) is 17.0 Å². The van der Waals surface area contributed by atoms with Gasteiger partial charge in [-0.2, -0.15) is 0 Å². The maximum Gasteiger partial charge on any atom is 0.318 e. The molecule has 4 saturated carbocycles. The molecule has 4 nitrogen and oxygen atoms in total. The summed E-state index contributed by atoms with van der Waals surface area (Å²) in [7, 11) is 0. The Kier molecular flexibility index (Phi) is 3.00. The fraction of sp³-hybridized carbons (Fsp3) is 0.682. The average Bonchev–Trinajstić information content (AvgIpc) is 3.12. The predicted molar refractivity (Wildman–Crippen MR) is 98.7 cm³/mol. The van der Waals surface area contributed by atoms with Gasteiger partial charge in [0.1, 0.15) is 0 Å². The monoisotopic (exact) mass is 352 g/mol. The molecule has 5 fully saturated rings. The van der Waals surface area contributed by atoms with Gasteiger partial charge in [-0.3, -0.25) is 0 Å². The Hall–Kier alpha value is -1.55. The van der Waals surface area contributed by atoms with Gasteiger partial charge in [0.25, 0.3) is 0 Å². The first kappa shape index (κ1) is 15.5. The molecule has 2 N–H and O–H groups in total. The number of carbonyl (C=O) groups is 1. The largest absolute Gasteiger partial charge is 0.396 e. The van der Waals surface area contributed by atoms with Crippen LogP contribution in [0, 0.1) is 23.2 Å². The first-order valence-corrected chi connectivity index (χ1v) is 10.4. The summed E-state index contributed by atoms with van der Waals surface area (Å²) in [6.45, 7) is 1.20. The van der Waals surface area contributed by atoms with Crippen molar-refractivity contribution in [3.63, 3.8) is 0 Å². The van der Waals surface area contributed by atoms with Crippen molar-refractivity contribution in [2.45, 2.75) is 56.5 Å². The number of nitrogens with one attached hydrogen (secondary N) is 1. The topological polar surface area (TPSA) is 52.6 Å². The molecule has 2 unspecified atom stereocenters. The number of hydrogen-bond donors (Lipinski definition) is 2. The highest BCUT2D eigenvalue weighted by Crippen LogP contribution is 2.61. The number of aliphatic hydroxyl groups is 1. The number of fused-ring (bicyclic) bond motifs is 1. The molecule has 1 aromatic carbocycles. The van der Waals surface area contributed by atoms with Crippen LogP contribution in [0.4, 0.5) is 4.79 Å². The lowest BCUT2D eigenvalue weighted by atomic mass is 9.48. The molecule has 6 aliphatic rings. The lowest BCUT2D eigenvalue weighted by molar-refractivity contribution is -0.118. The van der Waals surface area contributed by atoms with Gasteiger partial charge in [0.2, 0.25) is 0 Å². The lowest BCUT2D eigenvalue weighted by Gasteiger charge is -2.61. The number of amides is 2. The molecule has 4 heteroatoms. The van der Waals surface area contributed by atoms with Crippen LogP contribution in [0.15, 0.2) is 24.3 Å². The maximum absolute atomic E-state index is 13.0. The molecular formula is C22H28N2O2. The number of hydrogen-bond acceptors (Lipinski definition) is 2. The molecule has 7 rings (SSSR count). The van der Waals surface area contributed by atoms with E-state index in [9.17, 15) is 9.90 Å². The minimum Gasteiger partial charge on any atom is -0.396 e. The minimum absolute atomic E-state index is 0.0932. The molecule has 1 spiro atoms. The second-order valence-electron chi connectivity index (χ2n) is 10.1. The van der Waals surface area contributed by atoms with Crippen molar-refractivity contribution in [1.82, 2.24) is 10.2 Å². The Balaban J connectivity index is 1.27. The average molecular weight is 352 g/mol. The SMILES string of the molecule is O=C1NC2(Cc3ccccc3C2)CN1C1C2CC3CC1CC(CO)(C3)C2. The summed E-state index contributed by atoms with van der Waals surface area (Å²) in [5.74, 6) is 1.97. The van der Waals surface area contributed by atoms with Crippen LogP contribution in [-0.2, 0) is 12.8 Å². The molecule has 0 radical (unpaired) electrons. The third-order valence-electron chi connectivity index (χ3n) is 8.33. The zero-order valence-electron chi connectivity index (χ0n) is 15.3. The Morgan fingerprint density at radius 1 is 1.08 bits per heavy atom. The molecule has 4 bridgehead atoms. The van der Waals surface area contributed by atoms with Crippen molar-refractivity contribution in [1.29, 1.82) is 0 Å². The fourth-order valence-electron chi connectivity index (χ4n) is 7.74. The molecule has 138 valence electrons. The number of benzene rings is 1. The van der Waals surface area contributed by atoms with Crippen molar-refractivity contribution < 1.29 is 9.90 Å². The van der Waals surface area contributed by atoms with Crippen molar-refractivity contribution in [2.24, 2.45) is 23.2 Å². The predicted octanol–water partition coefficient (Wildman–Crippen LogP) is 2.74.